The van der Waals surface area contributed by atoms with Crippen LogP contribution in [0.3, 0.4) is 0 Å². The van der Waals surface area contributed by atoms with Crippen molar-refractivity contribution in [2.75, 3.05) is 6.54 Å². The summed E-state index contributed by atoms with van der Waals surface area (Å²) in [7, 11) is 1.72. The molecule has 6 nitrogen and oxygen atoms in total. The minimum Gasteiger partial charge on any atom is -0.352 e. The van der Waals surface area contributed by atoms with E-state index >= 15 is 0 Å². The highest BCUT2D eigenvalue weighted by Crippen LogP contribution is 2.18. The lowest BCUT2D eigenvalue weighted by molar-refractivity contribution is 0.0946. The first kappa shape index (κ1) is 16.5. The van der Waals surface area contributed by atoms with Crippen LogP contribution in [0.5, 0.6) is 0 Å². The zero-order chi connectivity index (χ0) is 16.4. The number of halogens is 1. The molecule has 0 saturated carbocycles. The molecule has 0 spiro atoms. The third-order valence-corrected chi connectivity index (χ3v) is 4.01. The third kappa shape index (κ3) is 3.50. The number of carbonyl (C=O) groups is 1. The van der Waals surface area contributed by atoms with Crippen LogP contribution in [0.15, 0.2) is 6.07 Å². The molecule has 1 N–H and O–H groups in total. The first-order chi connectivity index (χ1) is 10.3. The number of hydrogen-bond acceptors (Lipinski definition) is 3. The Labute approximate surface area is 135 Å². The van der Waals surface area contributed by atoms with Gasteiger partial charge in [-0.3, -0.25) is 14.2 Å². The molecule has 2 rings (SSSR count). The number of aryl methyl sites for hydroxylation is 4. The molecule has 120 valence electrons. The number of rotatable bonds is 5. The van der Waals surface area contributed by atoms with Crippen LogP contribution >= 0.6 is 11.6 Å². The van der Waals surface area contributed by atoms with Crippen LogP contribution in [-0.2, 0) is 13.6 Å². The van der Waals surface area contributed by atoms with Crippen molar-refractivity contribution in [2.24, 2.45) is 13.0 Å². The van der Waals surface area contributed by atoms with E-state index in [9.17, 15) is 4.79 Å². The smallest absolute Gasteiger partial charge is 0.256 e. The number of nitrogens with zero attached hydrogens (tertiary/aromatic N) is 4. The summed E-state index contributed by atoms with van der Waals surface area (Å²) in [5.41, 5.74) is 3.21. The Morgan fingerprint density at radius 2 is 2.05 bits per heavy atom. The van der Waals surface area contributed by atoms with Crippen molar-refractivity contribution in [3.05, 3.63) is 33.9 Å². The van der Waals surface area contributed by atoms with Gasteiger partial charge in [-0.05, 0) is 32.8 Å². The number of hydrogen-bond donors (Lipinski definition) is 1. The number of carbonyl (C=O) groups excluding carboxylic acids is 1. The van der Waals surface area contributed by atoms with Crippen LogP contribution < -0.4 is 5.32 Å². The summed E-state index contributed by atoms with van der Waals surface area (Å²) >= 11 is 6.10. The quantitative estimate of drug-likeness (QED) is 0.918. The highest BCUT2D eigenvalue weighted by Gasteiger charge is 2.19. The van der Waals surface area contributed by atoms with E-state index < -0.39 is 0 Å². The van der Waals surface area contributed by atoms with Gasteiger partial charge in [0.15, 0.2) is 0 Å². The van der Waals surface area contributed by atoms with E-state index in [0.29, 0.717) is 23.0 Å². The van der Waals surface area contributed by atoms with E-state index in [4.69, 9.17) is 11.6 Å². The second kappa shape index (κ2) is 6.52. The fourth-order valence-corrected chi connectivity index (χ4v) is 2.72. The van der Waals surface area contributed by atoms with Crippen molar-refractivity contribution < 1.29 is 4.79 Å². The van der Waals surface area contributed by atoms with Gasteiger partial charge < -0.3 is 5.32 Å². The molecule has 0 aliphatic carbocycles. The monoisotopic (exact) mass is 323 g/mol. The van der Waals surface area contributed by atoms with Gasteiger partial charge in [0.25, 0.3) is 5.91 Å². The van der Waals surface area contributed by atoms with Crippen LogP contribution in [0.1, 0.15) is 34.4 Å². The van der Waals surface area contributed by atoms with Gasteiger partial charge in [0, 0.05) is 25.8 Å². The lowest BCUT2D eigenvalue weighted by Crippen LogP contribution is -2.30. The Kier molecular flexibility index (Phi) is 4.90. The van der Waals surface area contributed by atoms with Gasteiger partial charge in [-0.25, -0.2) is 0 Å². The summed E-state index contributed by atoms with van der Waals surface area (Å²) in [5.74, 6) is 0.0773. The van der Waals surface area contributed by atoms with Crippen molar-refractivity contribution in [3.8, 4) is 0 Å². The third-order valence-electron chi connectivity index (χ3n) is 3.58. The number of aromatic nitrogens is 4. The number of nitrogens with one attached hydrogen (secondary N) is 1. The largest absolute Gasteiger partial charge is 0.352 e. The summed E-state index contributed by atoms with van der Waals surface area (Å²) in [5, 5.41) is 11.9. The molecule has 2 aromatic heterocycles. The van der Waals surface area contributed by atoms with Gasteiger partial charge in [0.05, 0.1) is 17.0 Å². The van der Waals surface area contributed by atoms with Gasteiger partial charge in [0.1, 0.15) is 5.15 Å². The number of amides is 1. The zero-order valence-corrected chi connectivity index (χ0v) is 14.4. The van der Waals surface area contributed by atoms with Gasteiger partial charge >= 0.3 is 0 Å². The molecule has 2 heterocycles. The van der Waals surface area contributed by atoms with Crippen LogP contribution in [0, 0.1) is 26.7 Å². The molecule has 0 aliphatic heterocycles. The second-order valence-corrected chi connectivity index (χ2v) is 6.16. The standard InChI is InChI=1S/C15H22ClN5O/c1-9(8-21-11(3)6-10(2)18-21)7-17-15(22)13-12(4)19-20(5)14(13)16/h6,9H,7-8H2,1-5H3,(H,17,22)/t9-/m0/s1. The van der Waals surface area contributed by atoms with E-state index in [1.54, 1.807) is 14.0 Å². The summed E-state index contributed by atoms with van der Waals surface area (Å²) in [6.45, 7) is 9.18. The fraction of sp³-hybridized carbons (Fsp3) is 0.533. The SMILES string of the molecule is Cc1cc(C)n(C[C@@H](C)CNC(=O)c2c(C)nn(C)c2Cl)n1. The van der Waals surface area contributed by atoms with E-state index in [1.165, 1.54) is 4.68 Å². The van der Waals surface area contributed by atoms with E-state index in [2.05, 4.69) is 22.4 Å². The van der Waals surface area contributed by atoms with Crippen LogP contribution in [0.4, 0.5) is 0 Å². The molecule has 7 heteroatoms. The maximum absolute atomic E-state index is 12.3. The zero-order valence-electron chi connectivity index (χ0n) is 13.6. The molecule has 0 aromatic carbocycles. The van der Waals surface area contributed by atoms with Crippen molar-refractivity contribution in [3.63, 3.8) is 0 Å². The van der Waals surface area contributed by atoms with Gasteiger partial charge in [-0.2, -0.15) is 10.2 Å². The Morgan fingerprint density at radius 3 is 2.55 bits per heavy atom. The second-order valence-electron chi connectivity index (χ2n) is 5.80. The molecular weight excluding hydrogens is 302 g/mol. The van der Waals surface area contributed by atoms with E-state index in [-0.39, 0.29) is 11.8 Å². The van der Waals surface area contributed by atoms with Gasteiger partial charge in [-0.1, -0.05) is 18.5 Å². The minimum absolute atomic E-state index is 0.184. The summed E-state index contributed by atoms with van der Waals surface area (Å²) in [6, 6.07) is 2.05. The van der Waals surface area contributed by atoms with Crippen molar-refractivity contribution >= 4 is 17.5 Å². The molecule has 0 bridgehead atoms. The Hall–Kier alpha value is -1.82. The molecule has 22 heavy (non-hydrogen) atoms. The molecule has 1 amide bonds. The lowest BCUT2D eigenvalue weighted by Gasteiger charge is -2.14. The normalized spacial score (nSPS) is 12.5. The highest BCUT2D eigenvalue weighted by molar-refractivity contribution is 6.33. The summed E-state index contributed by atoms with van der Waals surface area (Å²) < 4.78 is 3.47. The average Bonchev–Trinajstić information content (AvgIpc) is 2.86. The highest BCUT2D eigenvalue weighted by atomic mass is 35.5. The maximum Gasteiger partial charge on any atom is 0.256 e. The molecule has 1 atom stereocenters. The maximum atomic E-state index is 12.3. The Morgan fingerprint density at radius 1 is 1.36 bits per heavy atom. The molecule has 0 saturated heterocycles. The van der Waals surface area contributed by atoms with Crippen LogP contribution in [0.25, 0.3) is 0 Å². The molecule has 0 fully saturated rings. The molecule has 0 aliphatic rings. The van der Waals surface area contributed by atoms with Crippen molar-refractivity contribution in [1.29, 1.82) is 0 Å². The van der Waals surface area contributed by atoms with E-state index in [1.807, 2.05) is 24.6 Å². The minimum atomic E-state index is -0.184. The molecule has 2 aromatic rings. The Balaban J connectivity index is 1.94. The van der Waals surface area contributed by atoms with Gasteiger partial charge in [-0.15, -0.1) is 0 Å². The van der Waals surface area contributed by atoms with Crippen molar-refractivity contribution in [1.82, 2.24) is 24.9 Å². The fourth-order valence-electron chi connectivity index (χ4n) is 2.46. The predicted molar refractivity (Wildman–Crippen MR) is 86.2 cm³/mol. The lowest BCUT2D eigenvalue weighted by atomic mass is 10.1. The first-order valence-electron chi connectivity index (χ1n) is 7.28. The van der Waals surface area contributed by atoms with Crippen molar-refractivity contribution in [2.45, 2.75) is 34.2 Å². The summed E-state index contributed by atoms with van der Waals surface area (Å²) in [6.07, 6.45) is 0. The van der Waals surface area contributed by atoms with E-state index in [0.717, 1.165) is 17.9 Å². The average molecular weight is 324 g/mol. The predicted octanol–water partition coefficient (Wildman–Crippen LogP) is 2.26. The topological polar surface area (TPSA) is 64.7 Å². The van der Waals surface area contributed by atoms with Gasteiger partial charge in [0.2, 0.25) is 0 Å². The first-order valence-corrected chi connectivity index (χ1v) is 7.65. The molecule has 0 radical (unpaired) electrons. The summed E-state index contributed by atoms with van der Waals surface area (Å²) in [4.78, 5) is 12.3. The molecular formula is C15H22ClN5O. The molecule has 0 unspecified atom stereocenters. The van der Waals surface area contributed by atoms with Crippen LogP contribution in [-0.4, -0.2) is 32.0 Å². The van der Waals surface area contributed by atoms with Crippen LogP contribution in [0.2, 0.25) is 5.15 Å². The Bertz CT molecular complexity index is 688.